The molecule has 7 nitrogen and oxygen atoms in total. The maximum Gasteiger partial charge on any atom is 0.336 e. The van der Waals surface area contributed by atoms with Crippen LogP contribution >= 0.6 is 0 Å². The topological polar surface area (TPSA) is 104 Å². The number of amides is 3. The van der Waals surface area contributed by atoms with Crippen LogP contribution in [0.5, 0.6) is 0 Å². The van der Waals surface area contributed by atoms with Crippen LogP contribution < -0.4 is 5.32 Å². The third kappa shape index (κ3) is 2.86. The number of aromatic carboxylic acids is 1. The zero-order valence-corrected chi connectivity index (χ0v) is 10.4. The predicted molar refractivity (Wildman–Crippen MR) is 62.4 cm³/mol. The van der Waals surface area contributed by atoms with Crippen molar-refractivity contribution in [3.8, 4) is 0 Å². The molecule has 0 aliphatic carbocycles. The first kappa shape index (κ1) is 14.6. The summed E-state index contributed by atoms with van der Waals surface area (Å²) in [7, 11) is 0. The fraction of sp³-hybridized carbons (Fsp3) is 0.167. The number of nitrogens with one attached hydrogen (secondary N) is 1. The van der Waals surface area contributed by atoms with Crippen LogP contribution in [0.1, 0.15) is 20.7 Å². The van der Waals surface area contributed by atoms with Crippen LogP contribution in [0.2, 0.25) is 0 Å². The minimum atomic E-state index is -1.63. The molecule has 1 aromatic rings. The molecule has 0 spiro atoms. The summed E-state index contributed by atoms with van der Waals surface area (Å²) >= 11 is 0. The zero-order chi connectivity index (χ0) is 15.7. The standard InChI is InChI=1S/C12H8F2N2O5/c13-7-1-5(6(12(20)21)2-8(7)14)11(19)16-3-9(17)15-10(18)4-16/h1-2H,3-4H2,(H,20,21)(H,15,17,18). The minimum absolute atomic E-state index is 0.372. The lowest BCUT2D eigenvalue weighted by atomic mass is 10.1. The third-order valence-electron chi connectivity index (χ3n) is 2.76. The van der Waals surface area contributed by atoms with Crippen LogP contribution in [-0.2, 0) is 9.59 Å². The van der Waals surface area contributed by atoms with Gasteiger partial charge in [0.2, 0.25) is 11.8 Å². The van der Waals surface area contributed by atoms with Crippen molar-refractivity contribution in [1.82, 2.24) is 10.2 Å². The molecule has 1 fully saturated rings. The Morgan fingerprint density at radius 1 is 1.05 bits per heavy atom. The van der Waals surface area contributed by atoms with Crippen molar-refractivity contribution in [1.29, 1.82) is 0 Å². The summed E-state index contributed by atoms with van der Waals surface area (Å²) in [5, 5.41) is 10.9. The molecule has 0 atom stereocenters. The van der Waals surface area contributed by atoms with E-state index in [1.807, 2.05) is 5.32 Å². The number of carbonyl (C=O) groups excluding carboxylic acids is 3. The van der Waals surface area contributed by atoms with E-state index in [2.05, 4.69) is 0 Å². The van der Waals surface area contributed by atoms with Crippen LogP contribution in [0.3, 0.4) is 0 Å². The van der Waals surface area contributed by atoms with Gasteiger partial charge >= 0.3 is 5.97 Å². The molecule has 1 saturated heterocycles. The van der Waals surface area contributed by atoms with Crippen molar-refractivity contribution in [2.45, 2.75) is 0 Å². The number of hydrogen-bond donors (Lipinski definition) is 2. The van der Waals surface area contributed by atoms with E-state index in [-0.39, 0.29) is 0 Å². The van der Waals surface area contributed by atoms with Gasteiger partial charge in [0.05, 0.1) is 11.1 Å². The Balaban J connectivity index is 2.43. The number of piperazine rings is 1. The second-order valence-electron chi connectivity index (χ2n) is 4.25. The molecule has 0 aromatic heterocycles. The van der Waals surface area contributed by atoms with Crippen molar-refractivity contribution in [3.63, 3.8) is 0 Å². The van der Waals surface area contributed by atoms with E-state index in [1.165, 1.54) is 0 Å². The normalized spacial score (nSPS) is 14.9. The van der Waals surface area contributed by atoms with E-state index < -0.39 is 59.5 Å². The van der Waals surface area contributed by atoms with E-state index in [1.54, 1.807) is 0 Å². The maximum atomic E-state index is 13.2. The van der Waals surface area contributed by atoms with Crippen molar-refractivity contribution in [3.05, 3.63) is 34.9 Å². The highest BCUT2D eigenvalue weighted by molar-refractivity contribution is 6.09. The Morgan fingerprint density at radius 3 is 2.00 bits per heavy atom. The lowest BCUT2D eigenvalue weighted by Gasteiger charge is -2.25. The van der Waals surface area contributed by atoms with Gasteiger partial charge in [-0.2, -0.15) is 0 Å². The van der Waals surface area contributed by atoms with Crippen molar-refractivity contribution in [2.24, 2.45) is 0 Å². The van der Waals surface area contributed by atoms with Gasteiger partial charge in [0.25, 0.3) is 5.91 Å². The Morgan fingerprint density at radius 2 is 1.52 bits per heavy atom. The van der Waals surface area contributed by atoms with E-state index >= 15 is 0 Å². The summed E-state index contributed by atoms with van der Waals surface area (Å²) in [6.45, 7) is -0.967. The molecule has 1 heterocycles. The summed E-state index contributed by atoms with van der Waals surface area (Å²) in [6.07, 6.45) is 0. The highest BCUT2D eigenvalue weighted by Crippen LogP contribution is 2.18. The molecular weight excluding hydrogens is 290 g/mol. The number of imide groups is 1. The molecule has 110 valence electrons. The van der Waals surface area contributed by atoms with E-state index in [9.17, 15) is 28.0 Å². The first-order chi connectivity index (χ1) is 9.79. The summed E-state index contributed by atoms with van der Waals surface area (Å²) in [6, 6.07) is 0.800. The zero-order valence-electron chi connectivity index (χ0n) is 10.4. The van der Waals surface area contributed by atoms with Crippen molar-refractivity contribution >= 4 is 23.7 Å². The molecule has 0 unspecified atom stereocenters. The third-order valence-corrected chi connectivity index (χ3v) is 2.76. The molecule has 3 amide bonds. The number of benzene rings is 1. The fourth-order valence-electron chi connectivity index (χ4n) is 1.85. The van der Waals surface area contributed by atoms with Gasteiger partial charge in [-0.3, -0.25) is 19.7 Å². The summed E-state index contributed by atoms with van der Waals surface area (Å²) in [5.74, 6) is -7.01. The minimum Gasteiger partial charge on any atom is -0.478 e. The molecule has 0 radical (unpaired) electrons. The predicted octanol–water partition coefficient (Wildman–Crippen LogP) is -0.238. The Bertz CT molecular complexity index is 658. The molecule has 2 N–H and O–H groups in total. The quantitative estimate of drug-likeness (QED) is 0.733. The van der Waals surface area contributed by atoms with Gasteiger partial charge in [0.15, 0.2) is 11.6 Å². The number of carboxylic acid groups (broad SMARTS) is 1. The fourth-order valence-corrected chi connectivity index (χ4v) is 1.85. The summed E-state index contributed by atoms with van der Waals surface area (Å²) in [4.78, 5) is 46.2. The number of carboxylic acids is 1. The number of hydrogen-bond acceptors (Lipinski definition) is 4. The highest BCUT2D eigenvalue weighted by atomic mass is 19.2. The Labute approximate surface area is 116 Å². The first-order valence-corrected chi connectivity index (χ1v) is 5.64. The molecule has 0 saturated carbocycles. The monoisotopic (exact) mass is 298 g/mol. The second kappa shape index (κ2) is 5.27. The van der Waals surface area contributed by atoms with Gasteiger partial charge in [-0.05, 0) is 12.1 Å². The molecule has 1 aromatic carbocycles. The van der Waals surface area contributed by atoms with Crippen molar-refractivity contribution < 1.29 is 33.1 Å². The molecule has 21 heavy (non-hydrogen) atoms. The van der Waals surface area contributed by atoms with Crippen LogP contribution in [0, 0.1) is 11.6 Å². The lowest BCUT2D eigenvalue weighted by Crippen LogP contribution is -2.53. The molecule has 1 aliphatic heterocycles. The second-order valence-corrected chi connectivity index (χ2v) is 4.25. The Hall–Kier alpha value is -2.84. The van der Waals surface area contributed by atoms with E-state index in [0.29, 0.717) is 12.1 Å². The van der Waals surface area contributed by atoms with Crippen LogP contribution in [0.4, 0.5) is 8.78 Å². The molecular formula is C12H8F2N2O5. The lowest BCUT2D eigenvalue weighted by molar-refractivity contribution is -0.135. The summed E-state index contributed by atoms with van der Waals surface area (Å²) < 4.78 is 26.3. The number of carbonyl (C=O) groups is 4. The van der Waals surface area contributed by atoms with Gasteiger partial charge in [-0.15, -0.1) is 0 Å². The van der Waals surface area contributed by atoms with Gasteiger partial charge in [0.1, 0.15) is 13.1 Å². The van der Waals surface area contributed by atoms with Crippen LogP contribution in [0.25, 0.3) is 0 Å². The Kier molecular flexibility index (Phi) is 3.66. The maximum absolute atomic E-state index is 13.2. The number of halogens is 2. The molecule has 1 aliphatic rings. The van der Waals surface area contributed by atoms with Crippen LogP contribution in [0.15, 0.2) is 12.1 Å². The van der Waals surface area contributed by atoms with Gasteiger partial charge in [0, 0.05) is 0 Å². The number of nitrogens with zero attached hydrogens (tertiary/aromatic N) is 1. The van der Waals surface area contributed by atoms with E-state index in [0.717, 1.165) is 4.90 Å². The van der Waals surface area contributed by atoms with Gasteiger partial charge < -0.3 is 10.0 Å². The van der Waals surface area contributed by atoms with E-state index in [4.69, 9.17) is 5.11 Å². The molecule has 2 rings (SSSR count). The first-order valence-electron chi connectivity index (χ1n) is 5.64. The largest absolute Gasteiger partial charge is 0.478 e. The smallest absolute Gasteiger partial charge is 0.336 e. The van der Waals surface area contributed by atoms with Gasteiger partial charge in [-0.1, -0.05) is 0 Å². The van der Waals surface area contributed by atoms with Crippen LogP contribution in [-0.4, -0.2) is 46.8 Å². The molecule has 0 bridgehead atoms. The number of rotatable bonds is 2. The van der Waals surface area contributed by atoms with Crippen molar-refractivity contribution in [2.75, 3.05) is 13.1 Å². The SMILES string of the molecule is O=C1CN(C(=O)c2cc(F)c(F)cc2C(=O)O)CC(=O)N1. The molecule has 9 heteroatoms. The average molecular weight is 298 g/mol. The summed E-state index contributed by atoms with van der Waals surface area (Å²) in [5.41, 5.74) is -1.39. The van der Waals surface area contributed by atoms with Gasteiger partial charge in [-0.25, -0.2) is 13.6 Å². The average Bonchev–Trinajstić information content (AvgIpc) is 2.39. The highest BCUT2D eigenvalue weighted by Gasteiger charge is 2.30.